The van der Waals surface area contributed by atoms with Gasteiger partial charge >= 0.3 is 17.1 Å². The van der Waals surface area contributed by atoms with E-state index in [4.69, 9.17) is 35.0 Å². The molecule has 0 amide bonds. The standard InChI is InChI=1S/C2H4.Fe.2H3N.2H2O4S/c1-2;;;;2*1-5(2,3)4/h1-2H2;;2*1H3;2*(H2,1,2,3,4)/q;+2;;;;/p-2. The minimum atomic E-state index is -5.17. The van der Waals surface area contributed by atoms with E-state index in [1.54, 1.807) is 0 Å². The molecule has 13 heteroatoms. The third-order valence-corrected chi connectivity index (χ3v) is 0. The van der Waals surface area contributed by atoms with Crippen molar-refractivity contribution in [3.05, 3.63) is 13.2 Å². The molecule has 0 heterocycles. The van der Waals surface area contributed by atoms with E-state index in [0.29, 0.717) is 0 Å². The van der Waals surface area contributed by atoms with E-state index in [1.807, 2.05) is 0 Å². The molecule has 0 saturated heterocycles. The summed E-state index contributed by atoms with van der Waals surface area (Å²) < 4.78 is 68.2. The molecule has 15 heavy (non-hydrogen) atoms. The largest absolute Gasteiger partial charge is 2.00 e. The van der Waals surface area contributed by atoms with Gasteiger partial charge in [-0.1, -0.05) is 0 Å². The monoisotopic (exact) mass is 312 g/mol. The van der Waals surface area contributed by atoms with E-state index < -0.39 is 20.8 Å². The first-order valence-corrected chi connectivity index (χ1v) is 4.50. The normalized spacial score (nSPS) is 8.00. The van der Waals surface area contributed by atoms with Gasteiger partial charge in [0.15, 0.2) is 0 Å². The van der Waals surface area contributed by atoms with Gasteiger partial charge in [0.05, 0.1) is 0 Å². The van der Waals surface area contributed by atoms with Gasteiger partial charge in [0.25, 0.3) is 0 Å². The molecule has 10 nitrogen and oxygen atoms in total. The van der Waals surface area contributed by atoms with Gasteiger partial charge in [-0.15, -0.1) is 13.2 Å². The van der Waals surface area contributed by atoms with Crippen LogP contribution in [0.2, 0.25) is 0 Å². The zero-order valence-electron chi connectivity index (χ0n) is 7.85. The Hall–Kier alpha value is -0.0805. The quantitative estimate of drug-likeness (QED) is 0.239. The van der Waals surface area contributed by atoms with Crippen LogP contribution in [0.3, 0.4) is 0 Å². The fraction of sp³-hybridized carbons (Fsp3) is 0. The summed E-state index contributed by atoms with van der Waals surface area (Å²) in [5, 5.41) is 0. The summed E-state index contributed by atoms with van der Waals surface area (Å²) in [6.07, 6.45) is 0. The van der Waals surface area contributed by atoms with E-state index in [0.717, 1.165) is 0 Å². The number of quaternary nitrogens is 2. The Morgan fingerprint density at radius 1 is 0.667 bits per heavy atom. The van der Waals surface area contributed by atoms with Crippen molar-refractivity contribution in [2.75, 3.05) is 0 Å². The average Bonchev–Trinajstić information content (AvgIpc) is 1.59. The van der Waals surface area contributed by atoms with Gasteiger partial charge in [-0.25, -0.2) is 0 Å². The van der Waals surface area contributed by atoms with Crippen molar-refractivity contribution < 1.29 is 52.1 Å². The van der Waals surface area contributed by atoms with Gasteiger partial charge < -0.3 is 30.5 Å². The molecule has 0 aliphatic carbocycles. The van der Waals surface area contributed by atoms with E-state index in [9.17, 15) is 0 Å². The average molecular weight is 312 g/mol. The fourth-order valence-electron chi connectivity index (χ4n) is 0. The van der Waals surface area contributed by atoms with Crippen LogP contribution in [0.25, 0.3) is 0 Å². The maximum atomic E-state index is 8.52. The molecule has 8 N–H and O–H groups in total. The van der Waals surface area contributed by atoms with Crippen LogP contribution >= 0.6 is 0 Å². The molecule has 0 aromatic carbocycles. The van der Waals surface area contributed by atoms with E-state index >= 15 is 0 Å². The molecular weight excluding hydrogens is 300 g/mol. The molecule has 0 spiro atoms. The molecule has 0 unspecified atom stereocenters. The maximum Gasteiger partial charge on any atom is 2.00 e. The van der Waals surface area contributed by atoms with Crippen molar-refractivity contribution >= 4 is 20.8 Å². The van der Waals surface area contributed by atoms with E-state index in [2.05, 4.69) is 13.2 Å². The second-order valence-electron chi connectivity index (χ2n) is 0.816. The van der Waals surface area contributed by atoms with E-state index in [-0.39, 0.29) is 29.4 Å². The molecule has 0 fully saturated rings. The predicted molar refractivity (Wildman–Crippen MR) is 44.2 cm³/mol. The second kappa shape index (κ2) is 16.4. The van der Waals surface area contributed by atoms with Gasteiger partial charge in [-0.05, 0) is 0 Å². The molecule has 0 aliphatic rings. The van der Waals surface area contributed by atoms with Crippen LogP contribution < -0.4 is 12.3 Å². The Morgan fingerprint density at radius 3 is 0.667 bits per heavy atom. The van der Waals surface area contributed by atoms with Crippen molar-refractivity contribution in [3.63, 3.8) is 0 Å². The first-order chi connectivity index (χ1) is 5.00. The Morgan fingerprint density at radius 2 is 0.667 bits per heavy atom. The van der Waals surface area contributed by atoms with Crippen molar-refractivity contribution in [1.29, 1.82) is 0 Å². The third-order valence-electron chi connectivity index (χ3n) is 0. The Labute approximate surface area is 98.6 Å². The number of rotatable bonds is 0. The molecule has 0 aromatic heterocycles. The minimum absolute atomic E-state index is 0. The van der Waals surface area contributed by atoms with Gasteiger partial charge in [0.1, 0.15) is 0 Å². The van der Waals surface area contributed by atoms with Gasteiger partial charge in [-0.3, -0.25) is 16.8 Å². The summed E-state index contributed by atoms with van der Waals surface area (Å²) in [5.74, 6) is 0. The molecule has 0 atom stereocenters. The Kier molecular flexibility index (Phi) is 39.6. The second-order valence-corrected chi connectivity index (χ2v) is 2.45. The minimum Gasteiger partial charge on any atom is -0.759 e. The van der Waals surface area contributed by atoms with Crippen LogP contribution in [0.1, 0.15) is 0 Å². The van der Waals surface area contributed by atoms with E-state index in [1.165, 1.54) is 0 Å². The predicted octanol–water partition coefficient (Wildman–Crippen LogP) is -1.12. The number of hydrogen-bond donors (Lipinski definition) is 2. The van der Waals surface area contributed by atoms with Crippen molar-refractivity contribution in [2.24, 2.45) is 0 Å². The van der Waals surface area contributed by atoms with Crippen molar-refractivity contribution in [1.82, 2.24) is 12.3 Å². The molecule has 0 aromatic rings. The van der Waals surface area contributed by atoms with Gasteiger partial charge in [0, 0.05) is 20.8 Å². The van der Waals surface area contributed by atoms with Crippen LogP contribution in [0, 0.1) is 0 Å². The molecule has 0 rings (SSSR count). The first-order valence-electron chi connectivity index (χ1n) is 1.83. The summed E-state index contributed by atoms with van der Waals surface area (Å²) >= 11 is 0. The molecule has 98 valence electrons. The molecule has 0 radical (unpaired) electrons. The van der Waals surface area contributed by atoms with Crippen LogP contribution in [0.5, 0.6) is 0 Å². The smallest absolute Gasteiger partial charge is 0.759 e. The summed E-state index contributed by atoms with van der Waals surface area (Å²) in [6, 6.07) is 0. The summed E-state index contributed by atoms with van der Waals surface area (Å²) in [7, 11) is -10.3. The summed E-state index contributed by atoms with van der Waals surface area (Å²) in [4.78, 5) is 0. The molecule has 0 saturated carbocycles. The maximum absolute atomic E-state index is 8.52. The van der Waals surface area contributed by atoms with Crippen LogP contribution in [0.4, 0.5) is 0 Å². The molecule has 0 bridgehead atoms. The summed E-state index contributed by atoms with van der Waals surface area (Å²) in [5.41, 5.74) is 0. The first kappa shape index (κ1) is 36.3. The zero-order valence-corrected chi connectivity index (χ0v) is 10.6. The van der Waals surface area contributed by atoms with Crippen molar-refractivity contribution in [2.45, 2.75) is 0 Å². The molecular formula is C2H12FeN2O8S2. The SMILES string of the molecule is C=C.O=S(=O)([O-])[O-].O=S(=O)([O-])[O-].[Fe+2].[NH4+].[NH4+]. The summed E-state index contributed by atoms with van der Waals surface area (Å²) in [6.45, 7) is 6.00. The van der Waals surface area contributed by atoms with Crippen LogP contribution in [-0.2, 0) is 37.9 Å². The Balaban J connectivity index is -0.0000000197. The van der Waals surface area contributed by atoms with Crippen LogP contribution in [0.15, 0.2) is 13.2 Å². The van der Waals surface area contributed by atoms with Crippen molar-refractivity contribution in [3.8, 4) is 0 Å². The zero-order chi connectivity index (χ0) is 11.0. The topological polar surface area (TPSA) is 234 Å². The van der Waals surface area contributed by atoms with Crippen LogP contribution in [-0.4, -0.2) is 35.0 Å². The number of hydrogen-bond acceptors (Lipinski definition) is 8. The third kappa shape index (κ3) is 305000. The van der Waals surface area contributed by atoms with Gasteiger partial charge in [-0.2, -0.15) is 0 Å². The Bertz CT molecular complexity index is 238. The van der Waals surface area contributed by atoms with Gasteiger partial charge in [0.2, 0.25) is 0 Å². The fourth-order valence-corrected chi connectivity index (χ4v) is 0. The molecule has 0 aliphatic heterocycles.